The lowest BCUT2D eigenvalue weighted by Gasteiger charge is -2.20. The first-order valence-corrected chi connectivity index (χ1v) is 11.9. The van der Waals surface area contributed by atoms with E-state index in [2.05, 4.69) is 30.9 Å². The van der Waals surface area contributed by atoms with Crippen LogP contribution >= 0.6 is 11.6 Å². The van der Waals surface area contributed by atoms with Crippen molar-refractivity contribution in [1.82, 2.24) is 25.0 Å². The number of hydrogen-bond acceptors (Lipinski definition) is 7. The van der Waals surface area contributed by atoms with E-state index < -0.39 is 36.6 Å². The molecule has 3 aromatic heterocycles. The molecule has 40 heavy (non-hydrogen) atoms. The second kappa shape index (κ2) is 11.1. The number of nitrogens with one attached hydrogen (secondary N) is 2. The number of nitrogens with zero attached hydrogens (tertiary/aromatic N) is 6. The normalized spacial score (nSPS) is 11.9. The van der Waals surface area contributed by atoms with Crippen molar-refractivity contribution in [1.29, 1.82) is 5.26 Å². The van der Waals surface area contributed by atoms with E-state index in [9.17, 15) is 27.2 Å². The molecule has 3 heterocycles. The summed E-state index contributed by atoms with van der Waals surface area (Å²) in [7, 11) is 0. The van der Waals surface area contributed by atoms with Gasteiger partial charge in [0.1, 0.15) is 24.1 Å². The molecule has 5 aromatic rings. The van der Waals surface area contributed by atoms with Crippen LogP contribution in [0.2, 0.25) is 5.02 Å². The van der Waals surface area contributed by atoms with Gasteiger partial charge < -0.3 is 10.6 Å². The van der Waals surface area contributed by atoms with Crippen LogP contribution in [0, 0.1) is 28.9 Å². The van der Waals surface area contributed by atoms with Crippen LogP contribution in [0.25, 0.3) is 10.9 Å². The number of alkyl halides is 2. The first kappa shape index (κ1) is 26.8. The second-order valence-electron chi connectivity index (χ2n) is 8.52. The number of nitriles is 1. The van der Waals surface area contributed by atoms with Crippen molar-refractivity contribution in [2.45, 2.75) is 19.0 Å². The zero-order valence-electron chi connectivity index (χ0n) is 20.1. The van der Waals surface area contributed by atoms with Gasteiger partial charge in [0.15, 0.2) is 5.82 Å². The van der Waals surface area contributed by atoms with E-state index in [1.807, 2.05) is 6.07 Å². The molecule has 1 atom stereocenters. The van der Waals surface area contributed by atoms with Crippen LogP contribution in [-0.4, -0.2) is 31.4 Å². The summed E-state index contributed by atoms with van der Waals surface area (Å²) in [6.07, 6.45) is 1.03. The summed E-state index contributed by atoms with van der Waals surface area (Å²) >= 11 is 6.54. The van der Waals surface area contributed by atoms with Crippen molar-refractivity contribution >= 4 is 39.6 Å². The number of pyridine rings is 2. The topological polar surface area (TPSA) is 104 Å². The molecule has 2 N–H and O–H groups in total. The molecule has 5 rings (SSSR count). The van der Waals surface area contributed by atoms with Crippen LogP contribution in [0.15, 0.2) is 61.1 Å². The third-order valence-corrected chi connectivity index (χ3v) is 6.09. The second-order valence-corrected chi connectivity index (χ2v) is 8.93. The number of benzene rings is 2. The van der Waals surface area contributed by atoms with Gasteiger partial charge in [0.05, 0.1) is 45.9 Å². The van der Waals surface area contributed by atoms with Gasteiger partial charge in [0.2, 0.25) is 5.95 Å². The summed E-state index contributed by atoms with van der Waals surface area (Å²) in [6, 6.07) is 10.7. The van der Waals surface area contributed by atoms with Gasteiger partial charge in [-0.25, -0.2) is 27.2 Å². The minimum Gasteiger partial charge on any atom is -0.373 e. The highest BCUT2D eigenvalue weighted by molar-refractivity contribution is 6.36. The van der Waals surface area contributed by atoms with Crippen LogP contribution in [0.4, 0.5) is 39.0 Å². The smallest absolute Gasteiger partial charge is 0.257 e. The summed E-state index contributed by atoms with van der Waals surface area (Å²) in [5, 5.41) is 24.1. The molecule has 0 radical (unpaired) electrons. The Balaban J connectivity index is 1.59. The first-order chi connectivity index (χ1) is 19.2. The first-order valence-electron chi connectivity index (χ1n) is 11.5. The van der Waals surface area contributed by atoms with Crippen LogP contribution < -0.4 is 10.6 Å². The third kappa shape index (κ3) is 5.62. The molecule has 0 bridgehead atoms. The maximum Gasteiger partial charge on any atom is 0.257 e. The predicted octanol–water partition coefficient (Wildman–Crippen LogP) is 6.37. The van der Waals surface area contributed by atoms with Crippen LogP contribution in [0.3, 0.4) is 0 Å². The van der Waals surface area contributed by atoms with Crippen molar-refractivity contribution in [2.75, 3.05) is 10.6 Å². The summed E-state index contributed by atoms with van der Waals surface area (Å²) in [4.78, 5) is 7.60. The standard InChI is InChI=1S/C26H16ClF5N8/c27-19-6-16(36-24(13-1-3-15(28)4-2-13)21-11-40(39-38-21)12-22(30)31)5-18-23(14(8-33)9-34-25(18)19)37-17-7-20(29)26(32)35-10-17/h1-7,9-11,22,24,36H,12H2,(H,34,37)/t24-/m0/s1. The Kier molecular flexibility index (Phi) is 7.43. The molecule has 0 fully saturated rings. The maximum absolute atomic E-state index is 13.8. The molecule has 0 spiro atoms. The fourth-order valence-corrected chi connectivity index (χ4v) is 4.29. The van der Waals surface area contributed by atoms with Crippen molar-refractivity contribution in [3.05, 3.63) is 100 Å². The van der Waals surface area contributed by atoms with Gasteiger partial charge >= 0.3 is 0 Å². The van der Waals surface area contributed by atoms with E-state index >= 15 is 0 Å². The van der Waals surface area contributed by atoms with Crippen molar-refractivity contribution in [2.24, 2.45) is 0 Å². The van der Waals surface area contributed by atoms with Gasteiger partial charge in [0.25, 0.3) is 6.43 Å². The van der Waals surface area contributed by atoms with Gasteiger partial charge in [-0.15, -0.1) is 5.10 Å². The zero-order valence-corrected chi connectivity index (χ0v) is 20.8. The Morgan fingerprint density at radius 2 is 1.77 bits per heavy atom. The van der Waals surface area contributed by atoms with E-state index in [0.29, 0.717) is 22.2 Å². The van der Waals surface area contributed by atoms with Crippen LogP contribution in [0.1, 0.15) is 22.9 Å². The monoisotopic (exact) mass is 570 g/mol. The summed E-state index contributed by atoms with van der Waals surface area (Å²) < 4.78 is 67.6. The average Bonchev–Trinajstić information content (AvgIpc) is 3.37. The zero-order chi connectivity index (χ0) is 28.4. The molecule has 0 saturated carbocycles. The Hall–Kier alpha value is -4.83. The highest BCUT2D eigenvalue weighted by Gasteiger charge is 2.21. The van der Waals surface area contributed by atoms with Gasteiger partial charge in [-0.3, -0.25) is 4.98 Å². The lowest BCUT2D eigenvalue weighted by atomic mass is 10.0. The molecule has 0 saturated heterocycles. The molecule has 202 valence electrons. The molecule has 2 aromatic carbocycles. The molecule has 8 nitrogen and oxygen atoms in total. The number of hydrogen-bond donors (Lipinski definition) is 2. The van der Waals surface area contributed by atoms with E-state index in [0.717, 1.165) is 16.9 Å². The summed E-state index contributed by atoms with van der Waals surface area (Å²) in [5.74, 6) is -2.95. The summed E-state index contributed by atoms with van der Waals surface area (Å²) in [6.45, 7) is -0.665. The molecular weight excluding hydrogens is 555 g/mol. The number of anilines is 3. The maximum atomic E-state index is 13.8. The molecule has 0 amide bonds. The number of aromatic nitrogens is 5. The largest absolute Gasteiger partial charge is 0.373 e. The molecule has 0 aliphatic carbocycles. The van der Waals surface area contributed by atoms with E-state index in [1.165, 1.54) is 36.7 Å². The molecule has 0 aliphatic heterocycles. The number of fused-ring (bicyclic) bond motifs is 1. The highest BCUT2D eigenvalue weighted by Crippen LogP contribution is 2.36. The van der Waals surface area contributed by atoms with E-state index in [4.69, 9.17) is 11.6 Å². The molecular formula is C26H16ClF5N8. The predicted molar refractivity (Wildman–Crippen MR) is 137 cm³/mol. The number of halogens is 6. The van der Waals surface area contributed by atoms with Gasteiger partial charge in [-0.1, -0.05) is 28.9 Å². The van der Waals surface area contributed by atoms with Crippen LogP contribution in [-0.2, 0) is 6.54 Å². The van der Waals surface area contributed by atoms with E-state index in [1.54, 1.807) is 12.1 Å². The average molecular weight is 571 g/mol. The summed E-state index contributed by atoms with van der Waals surface area (Å²) in [5.41, 5.74) is 1.83. The lowest BCUT2D eigenvalue weighted by molar-refractivity contribution is 0.121. The lowest BCUT2D eigenvalue weighted by Crippen LogP contribution is -2.13. The van der Waals surface area contributed by atoms with Gasteiger partial charge in [-0.05, 0) is 29.8 Å². The van der Waals surface area contributed by atoms with Crippen molar-refractivity contribution in [3.63, 3.8) is 0 Å². The molecule has 0 aliphatic rings. The molecule has 0 unspecified atom stereocenters. The van der Waals surface area contributed by atoms with Crippen LogP contribution in [0.5, 0.6) is 0 Å². The Morgan fingerprint density at radius 1 is 1.00 bits per heavy atom. The highest BCUT2D eigenvalue weighted by atomic mass is 35.5. The van der Waals surface area contributed by atoms with Gasteiger partial charge in [-0.2, -0.15) is 9.65 Å². The van der Waals surface area contributed by atoms with Crippen molar-refractivity contribution < 1.29 is 22.0 Å². The SMILES string of the molecule is N#Cc1cnc2c(Cl)cc(N[C@@H](c3ccc(F)cc3)c3cn(CC(F)F)nn3)cc2c1Nc1cnc(F)c(F)c1. The Morgan fingerprint density at radius 3 is 2.48 bits per heavy atom. The Labute approximate surface area is 228 Å². The third-order valence-electron chi connectivity index (χ3n) is 5.80. The van der Waals surface area contributed by atoms with E-state index in [-0.39, 0.29) is 27.7 Å². The Bertz CT molecular complexity index is 1740. The molecule has 14 heteroatoms. The fourth-order valence-electron chi connectivity index (χ4n) is 4.02. The minimum absolute atomic E-state index is 0.0669. The minimum atomic E-state index is -2.65. The number of rotatable bonds is 8. The van der Waals surface area contributed by atoms with Gasteiger partial charge in [0, 0.05) is 23.3 Å². The fraction of sp³-hybridized carbons (Fsp3) is 0.115. The van der Waals surface area contributed by atoms with Crippen molar-refractivity contribution in [3.8, 4) is 6.07 Å². The quantitative estimate of drug-likeness (QED) is 0.165.